The lowest BCUT2D eigenvalue weighted by atomic mass is 10.1. The van der Waals surface area contributed by atoms with Crippen LogP contribution in [-0.2, 0) is 14.4 Å². The summed E-state index contributed by atoms with van der Waals surface area (Å²) in [6.07, 6.45) is 1.28. The van der Waals surface area contributed by atoms with Crippen molar-refractivity contribution in [3.63, 3.8) is 0 Å². The number of carbonyl (C=O) groups is 3. The van der Waals surface area contributed by atoms with Crippen LogP contribution in [0.15, 0.2) is 0 Å². The molecule has 3 N–H and O–H groups in total. The van der Waals surface area contributed by atoms with E-state index in [1.165, 1.54) is 6.92 Å². The molecule has 16 heavy (non-hydrogen) atoms. The maximum absolute atomic E-state index is 11.6. The first kappa shape index (κ1) is 12.6. The molecule has 6 nitrogen and oxygen atoms in total. The maximum atomic E-state index is 11.6. The molecule has 1 amide bonds. The van der Waals surface area contributed by atoms with Crippen molar-refractivity contribution in [3.8, 4) is 0 Å². The summed E-state index contributed by atoms with van der Waals surface area (Å²) in [6, 6.07) is -1.22. The molecule has 90 valence electrons. The van der Waals surface area contributed by atoms with Crippen LogP contribution in [0.3, 0.4) is 0 Å². The Balaban J connectivity index is 2.50. The number of carbonyl (C=O) groups excluding carboxylic acids is 2. The predicted molar refractivity (Wildman–Crippen MR) is 55.9 cm³/mol. The predicted octanol–water partition coefficient (Wildman–Crippen LogP) is -0.713. The van der Waals surface area contributed by atoms with E-state index in [1.54, 1.807) is 0 Å². The summed E-state index contributed by atoms with van der Waals surface area (Å²) in [5.74, 6) is -1.73. The van der Waals surface area contributed by atoms with Gasteiger partial charge in [-0.2, -0.15) is 0 Å². The zero-order valence-electron chi connectivity index (χ0n) is 9.16. The summed E-state index contributed by atoms with van der Waals surface area (Å²) in [4.78, 5) is 33.3. The summed E-state index contributed by atoms with van der Waals surface area (Å²) in [6.45, 7) is 2.05. The molecule has 0 aliphatic carbocycles. The van der Waals surface area contributed by atoms with Crippen molar-refractivity contribution in [2.24, 2.45) is 0 Å². The molecule has 1 aliphatic rings. The zero-order chi connectivity index (χ0) is 12.1. The van der Waals surface area contributed by atoms with Crippen LogP contribution in [0.2, 0.25) is 0 Å². The lowest BCUT2D eigenvalue weighted by molar-refractivity contribution is -0.140. The van der Waals surface area contributed by atoms with Crippen LogP contribution in [0.25, 0.3) is 0 Å². The average molecular weight is 228 g/mol. The van der Waals surface area contributed by atoms with Gasteiger partial charge in [-0.3, -0.25) is 14.4 Å². The number of amides is 1. The number of hydrogen-bond acceptors (Lipinski definition) is 4. The minimum atomic E-state index is -1.10. The molecule has 1 heterocycles. The molecule has 0 saturated carbocycles. The monoisotopic (exact) mass is 228 g/mol. The van der Waals surface area contributed by atoms with E-state index in [9.17, 15) is 14.4 Å². The highest BCUT2D eigenvalue weighted by Crippen LogP contribution is 2.05. The second kappa shape index (κ2) is 5.60. The SMILES string of the molecule is CC(=O)C(CC(=O)O)NC(=O)C1CCCN1. The number of ketones is 1. The second-order valence-electron chi connectivity index (χ2n) is 3.92. The van der Waals surface area contributed by atoms with Crippen LogP contribution in [0.1, 0.15) is 26.2 Å². The summed E-state index contributed by atoms with van der Waals surface area (Å²) in [5, 5.41) is 14.0. The Morgan fingerprint density at radius 2 is 2.19 bits per heavy atom. The summed E-state index contributed by atoms with van der Waals surface area (Å²) < 4.78 is 0. The third kappa shape index (κ3) is 3.62. The number of nitrogens with one attached hydrogen (secondary N) is 2. The molecule has 1 rings (SSSR count). The standard InChI is InChI=1S/C10H16N2O4/c1-6(13)8(5-9(14)15)12-10(16)7-3-2-4-11-7/h7-8,11H,2-5H2,1H3,(H,12,16)(H,14,15). The molecular formula is C10H16N2O4. The van der Waals surface area contributed by atoms with Crippen LogP contribution in [0.4, 0.5) is 0 Å². The minimum absolute atomic E-state index is 0.293. The van der Waals surface area contributed by atoms with Crippen molar-refractivity contribution < 1.29 is 19.5 Å². The van der Waals surface area contributed by atoms with Gasteiger partial charge in [0.1, 0.15) is 0 Å². The van der Waals surface area contributed by atoms with Gasteiger partial charge in [0.2, 0.25) is 5.91 Å². The van der Waals surface area contributed by atoms with Gasteiger partial charge in [-0.25, -0.2) is 0 Å². The second-order valence-corrected chi connectivity index (χ2v) is 3.92. The largest absolute Gasteiger partial charge is 0.481 e. The fourth-order valence-corrected chi connectivity index (χ4v) is 1.65. The Morgan fingerprint density at radius 1 is 1.50 bits per heavy atom. The number of Topliss-reactive ketones (excluding diaryl/α,β-unsaturated/α-hetero) is 1. The number of rotatable bonds is 5. The van der Waals surface area contributed by atoms with E-state index >= 15 is 0 Å². The summed E-state index contributed by atoms with van der Waals surface area (Å²) in [7, 11) is 0. The van der Waals surface area contributed by atoms with Crippen molar-refractivity contribution in [2.45, 2.75) is 38.3 Å². The smallest absolute Gasteiger partial charge is 0.305 e. The molecule has 2 unspecified atom stereocenters. The van der Waals surface area contributed by atoms with Gasteiger partial charge in [0, 0.05) is 0 Å². The lowest BCUT2D eigenvalue weighted by Crippen LogP contribution is -2.48. The van der Waals surface area contributed by atoms with E-state index in [1.807, 2.05) is 0 Å². The first-order valence-corrected chi connectivity index (χ1v) is 5.26. The van der Waals surface area contributed by atoms with Gasteiger partial charge in [-0.1, -0.05) is 0 Å². The van der Waals surface area contributed by atoms with Crippen LogP contribution in [-0.4, -0.2) is 41.4 Å². The number of hydrogen-bond donors (Lipinski definition) is 3. The molecule has 1 aliphatic heterocycles. The van der Waals surface area contributed by atoms with E-state index in [0.717, 1.165) is 19.4 Å². The van der Waals surface area contributed by atoms with E-state index in [4.69, 9.17) is 5.11 Å². The van der Waals surface area contributed by atoms with Crippen LogP contribution < -0.4 is 10.6 Å². The van der Waals surface area contributed by atoms with Gasteiger partial charge in [0.25, 0.3) is 0 Å². The van der Waals surface area contributed by atoms with Crippen molar-refractivity contribution in [1.82, 2.24) is 10.6 Å². The Kier molecular flexibility index (Phi) is 4.42. The van der Waals surface area contributed by atoms with Crippen molar-refractivity contribution in [2.75, 3.05) is 6.54 Å². The average Bonchev–Trinajstić information content (AvgIpc) is 2.68. The molecule has 6 heteroatoms. The molecule has 0 spiro atoms. The Labute approximate surface area is 93.4 Å². The molecule has 1 saturated heterocycles. The van der Waals surface area contributed by atoms with Gasteiger partial charge in [-0.05, 0) is 26.3 Å². The Morgan fingerprint density at radius 3 is 2.62 bits per heavy atom. The Hall–Kier alpha value is -1.43. The highest BCUT2D eigenvalue weighted by atomic mass is 16.4. The van der Waals surface area contributed by atoms with Gasteiger partial charge < -0.3 is 15.7 Å². The van der Waals surface area contributed by atoms with E-state index in [2.05, 4.69) is 10.6 Å². The third-order valence-corrected chi connectivity index (χ3v) is 2.56. The fourth-order valence-electron chi connectivity index (χ4n) is 1.65. The highest BCUT2D eigenvalue weighted by Gasteiger charge is 2.26. The first-order valence-electron chi connectivity index (χ1n) is 5.26. The molecule has 2 atom stereocenters. The van der Waals surface area contributed by atoms with E-state index in [-0.39, 0.29) is 24.2 Å². The third-order valence-electron chi connectivity index (χ3n) is 2.56. The quantitative estimate of drug-likeness (QED) is 0.577. The van der Waals surface area contributed by atoms with E-state index in [0.29, 0.717) is 0 Å². The van der Waals surface area contributed by atoms with Crippen molar-refractivity contribution in [3.05, 3.63) is 0 Å². The first-order chi connectivity index (χ1) is 7.50. The van der Waals surface area contributed by atoms with Gasteiger partial charge in [-0.15, -0.1) is 0 Å². The molecule has 0 aromatic rings. The van der Waals surface area contributed by atoms with Gasteiger partial charge in [0.05, 0.1) is 18.5 Å². The molecular weight excluding hydrogens is 212 g/mol. The number of aliphatic carboxylic acids is 1. The molecule has 1 fully saturated rings. The van der Waals surface area contributed by atoms with Crippen molar-refractivity contribution >= 4 is 17.7 Å². The summed E-state index contributed by atoms with van der Waals surface area (Å²) >= 11 is 0. The van der Waals surface area contributed by atoms with Gasteiger partial charge in [0.15, 0.2) is 5.78 Å². The molecule has 0 radical (unpaired) electrons. The number of carboxylic acid groups (broad SMARTS) is 1. The maximum Gasteiger partial charge on any atom is 0.305 e. The normalized spacial score (nSPS) is 21.4. The lowest BCUT2D eigenvalue weighted by Gasteiger charge is -2.17. The molecule has 0 bridgehead atoms. The molecule has 0 aromatic carbocycles. The van der Waals surface area contributed by atoms with Crippen LogP contribution in [0, 0.1) is 0 Å². The molecule has 0 aromatic heterocycles. The van der Waals surface area contributed by atoms with Crippen molar-refractivity contribution in [1.29, 1.82) is 0 Å². The van der Waals surface area contributed by atoms with Crippen LogP contribution in [0.5, 0.6) is 0 Å². The van der Waals surface area contributed by atoms with Gasteiger partial charge >= 0.3 is 5.97 Å². The highest BCUT2D eigenvalue weighted by molar-refractivity contribution is 5.92. The topological polar surface area (TPSA) is 95.5 Å². The minimum Gasteiger partial charge on any atom is -0.481 e. The Bertz CT molecular complexity index is 297. The van der Waals surface area contributed by atoms with E-state index < -0.39 is 12.0 Å². The summed E-state index contributed by atoms with van der Waals surface area (Å²) in [5.41, 5.74) is 0. The van der Waals surface area contributed by atoms with Crippen LogP contribution >= 0.6 is 0 Å². The number of carboxylic acids is 1. The zero-order valence-corrected chi connectivity index (χ0v) is 9.16. The fraction of sp³-hybridized carbons (Fsp3) is 0.700.